The van der Waals surface area contributed by atoms with Crippen LogP contribution in [0.4, 0.5) is 0 Å². The summed E-state index contributed by atoms with van der Waals surface area (Å²) in [7, 11) is 0. The Hall–Kier alpha value is -1.51. The molecule has 0 aromatic carbocycles. The number of aryl methyl sites for hydroxylation is 2. The molecule has 0 unspecified atom stereocenters. The molecule has 7 nitrogen and oxygen atoms in total. The van der Waals surface area contributed by atoms with Crippen molar-refractivity contribution >= 4 is 23.2 Å². The summed E-state index contributed by atoms with van der Waals surface area (Å²) in [6.45, 7) is 3.02. The topological polar surface area (TPSA) is 97.5 Å². The third-order valence-electron chi connectivity index (χ3n) is 5.79. The van der Waals surface area contributed by atoms with E-state index in [-0.39, 0.29) is 24.3 Å². The summed E-state index contributed by atoms with van der Waals surface area (Å²) in [4.78, 5) is 32.3. The summed E-state index contributed by atoms with van der Waals surface area (Å²) in [6, 6.07) is 0. The average Bonchev–Trinajstić information content (AvgIpc) is 3.25. The molecule has 2 saturated heterocycles. The van der Waals surface area contributed by atoms with Crippen LogP contribution in [0, 0.1) is 11.3 Å². The second-order valence-corrected chi connectivity index (χ2v) is 8.86. The molecule has 142 valence electrons. The first-order valence-electron chi connectivity index (χ1n) is 9.41. The summed E-state index contributed by atoms with van der Waals surface area (Å²) < 4.78 is 5.60. The molecular weight excluding hydrogens is 352 g/mol. The number of nitrogens with two attached hydrogens (primary N) is 1. The van der Waals surface area contributed by atoms with Crippen LogP contribution in [0.1, 0.15) is 28.4 Å². The van der Waals surface area contributed by atoms with Crippen molar-refractivity contribution in [2.75, 3.05) is 39.4 Å². The van der Waals surface area contributed by atoms with Gasteiger partial charge >= 0.3 is 0 Å². The zero-order valence-corrected chi connectivity index (χ0v) is 15.8. The van der Waals surface area contributed by atoms with Gasteiger partial charge in [0.15, 0.2) is 0 Å². The number of hydrogen-bond donors (Lipinski definition) is 2. The van der Waals surface area contributed by atoms with E-state index in [4.69, 9.17) is 15.5 Å². The molecule has 0 saturated carbocycles. The van der Waals surface area contributed by atoms with Gasteiger partial charge in [-0.1, -0.05) is 0 Å². The van der Waals surface area contributed by atoms with Gasteiger partial charge in [-0.2, -0.15) is 0 Å². The lowest BCUT2D eigenvalue weighted by Gasteiger charge is -2.25. The molecule has 1 aliphatic carbocycles. The van der Waals surface area contributed by atoms with Crippen molar-refractivity contribution in [3.63, 3.8) is 0 Å². The van der Waals surface area contributed by atoms with Gasteiger partial charge in [-0.05, 0) is 25.7 Å². The average molecular weight is 378 g/mol. The van der Waals surface area contributed by atoms with Crippen molar-refractivity contribution in [2.24, 2.45) is 17.1 Å². The molecule has 1 aromatic rings. The highest BCUT2D eigenvalue weighted by molar-refractivity contribution is 7.11. The lowest BCUT2D eigenvalue weighted by Crippen LogP contribution is -2.47. The van der Waals surface area contributed by atoms with Crippen molar-refractivity contribution in [3.05, 3.63) is 15.6 Å². The molecular formula is C18H26N4O3S. The molecule has 4 rings (SSSR count). The normalized spacial score (nSPS) is 27.9. The van der Waals surface area contributed by atoms with Gasteiger partial charge in [-0.3, -0.25) is 14.5 Å². The third-order valence-corrected chi connectivity index (χ3v) is 7.01. The summed E-state index contributed by atoms with van der Waals surface area (Å²) in [6.07, 6.45) is 5.51. The molecule has 0 spiro atoms. The Labute approximate surface area is 157 Å². The number of ether oxygens (including phenoxy) is 1. The third kappa shape index (κ3) is 3.37. The van der Waals surface area contributed by atoms with E-state index in [0.717, 1.165) is 24.3 Å². The number of aromatic nitrogens is 1. The van der Waals surface area contributed by atoms with Gasteiger partial charge in [0, 0.05) is 36.9 Å². The number of amides is 2. The quantitative estimate of drug-likeness (QED) is 0.732. The van der Waals surface area contributed by atoms with Crippen LogP contribution in [0.15, 0.2) is 0 Å². The fourth-order valence-corrected chi connectivity index (χ4v) is 5.63. The number of likely N-dealkylation sites (tertiary alicyclic amines) is 1. The van der Waals surface area contributed by atoms with Gasteiger partial charge in [-0.15, -0.1) is 11.3 Å². The number of carbonyl (C=O) groups excluding carboxylic acids is 2. The van der Waals surface area contributed by atoms with E-state index in [1.807, 2.05) is 4.90 Å². The predicted octanol–water partition coefficient (Wildman–Crippen LogP) is 0.114. The number of fused-ring (bicyclic) bond motifs is 2. The van der Waals surface area contributed by atoms with Gasteiger partial charge in [-0.25, -0.2) is 4.98 Å². The van der Waals surface area contributed by atoms with Crippen LogP contribution < -0.4 is 11.1 Å². The minimum Gasteiger partial charge on any atom is -0.380 e. The molecule has 0 bridgehead atoms. The smallest absolute Gasteiger partial charge is 0.231 e. The van der Waals surface area contributed by atoms with E-state index in [1.54, 1.807) is 11.3 Å². The lowest BCUT2D eigenvalue weighted by atomic mass is 9.80. The molecule has 26 heavy (non-hydrogen) atoms. The summed E-state index contributed by atoms with van der Waals surface area (Å²) in [5, 5.41) is 4.22. The van der Waals surface area contributed by atoms with Gasteiger partial charge in [0.25, 0.3) is 0 Å². The van der Waals surface area contributed by atoms with E-state index in [2.05, 4.69) is 5.32 Å². The molecule has 2 amide bonds. The van der Waals surface area contributed by atoms with E-state index in [1.165, 1.54) is 23.4 Å². The van der Waals surface area contributed by atoms with Crippen LogP contribution in [0.25, 0.3) is 0 Å². The fourth-order valence-electron chi connectivity index (χ4n) is 4.47. The molecule has 3 aliphatic rings. The number of primary amides is 1. The highest BCUT2D eigenvalue weighted by atomic mass is 32.1. The van der Waals surface area contributed by atoms with Gasteiger partial charge in [0.1, 0.15) is 0 Å². The maximum atomic E-state index is 12.9. The van der Waals surface area contributed by atoms with Crippen molar-refractivity contribution in [3.8, 4) is 0 Å². The first kappa shape index (κ1) is 17.9. The van der Waals surface area contributed by atoms with Crippen molar-refractivity contribution < 1.29 is 14.3 Å². The predicted molar refractivity (Wildman–Crippen MR) is 97.8 cm³/mol. The van der Waals surface area contributed by atoms with Crippen LogP contribution in [0.2, 0.25) is 0 Å². The number of nitrogens with one attached hydrogen (secondary N) is 1. The van der Waals surface area contributed by atoms with Gasteiger partial charge < -0.3 is 15.8 Å². The largest absolute Gasteiger partial charge is 0.380 e. The molecule has 2 atom stereocenters. The Morgan fingerprint density at radius 2 is 2.23 bits per heavy atom. The van der Waals surface area contributed by atoms with E-state index >= 15 is 0 Å². The molecule has 3 N–H and O–H groups in total. The van der Waals surface area contributed by atoms with Crippen molar-refractivity contribution in [2.45, 2.75) is 32.1 Å². The molecule has 3 heterocycles. The van der Waals surface area contributed by atoms with Crippen LogP contribution in [0.3, 0.4) is 0 Å². The first-order valence-corrected chi connectivity index (χ1v) is 10.2. The zero-order chi connectivity index (χ0) is 18.1. The highest BCUT2D eigenvalue weighted by Crippen LogP contribution is 2.41. The molecule has 2 aliphatic heterocycles. The van der Waals surface area contributed by atoms with Crippen LogP contribution in [-0.4, -0.2) is 61.1 Å². The summed E-state index contributed by atoms with van der Waals surface area (Å²) >= 11 is 1.80. The summed E-state index contributed by atoms with van der Waals surface area (Å²) in [5.74, 6) is -0.184. The minimum atomic E-state index is -0.544. The Balaban J connectivity index is 1.34. The second kappa shape index (κ2) is 7.25. The summed E-state index contributed by atoms with van der Waals surface area (Å²) in [5.41, 5.74) is 6.03. The maximum Gasteiger partial charge on any atom is 0.231 e. The van der Waals surface area contributed by atoms with E-state index in [9.17, 15) is 9.59 Å². The van der Waals surface area contributed by atoms with E-state index in [0.29, 0.717) is 32.8 Å². The molecule has 2 fully saturated rings. The van der Waals surface area contributed by atoms with Gasteiger partial charge in [0.05, 0.1) is 35.9 Å². The Bertz CT molecular complexity index is 683. The SMILES string of the molecule is NC(=O)CN1C[C@@H]2COC[C@]2(C(=O)NCCc2nc3c(s2)CCCC3)C1. The Kier molecular flexibility index (Phi) is 4.98. The van der Waals surface area contributed by atoms with Crippen LogP contribution in [0.5, 0.6) is 0 Å². The molecule has 8 heteroatoms. The van der Waals surface area contributed by atoms with E-state index < -0.39 is 5.41 Å². The highest BCUT2D eigenvalue weighted by Gasteiger charge is 2.55. The van der Waals surface area contributed by atoms with Crippen molar-refractivity contribution in [1.29, 1.82) is 0 Å². The number of rotatable bonds is 6. The fraction of sp³-hybridized carbons (Fsp3) is 0.722. The number of hydrogen-bond acceptors (Lipinski definition) is 6. The van der Waals surface area contributed by atoms with Crippen LogP contribution in [-0.2, 0) is 33.6 Å². The van der Waals surface area contributed by atoms with Crippen molar-refractivity contribution in [1.82, 2.24) is 15.2 Å². The minimum absolute atomic E-state index is 0.0355. The number of nitrogens with zero attached hydrogens (tertiary/aromatic N) is 2. The van der Waals surface area contributed by atoms with Gasteiger partial charge in [0.2, 0.25) is 11.8 Å². The standard InChI is InChI=1S/C18H26N4O3S/c19-15(23)8-22-7-12-9-25-11-18(12,10-22)17(24)20-6-5-16-21-13-3-1-2-4-14(13)26-16/h12H,1-11H2,(H2,19,23)(H,20,24)/t12-,18-/m1/s1. The monoisotopic (exact) mass is 378 g/mol. The zero-order valence-electron chi connectivity index (χ0n) is 15.0. The van der Waals surface area contributed by atoms with Crippen LogP contribution >= 0.6 is 11.3 Å². The number of carbonyl (C=O) groups is 2. The Morgan fingerprint density at radius 3 is 3.04 bits per heavy atom. The molecule has 0 radical (unpaired) electrons. The number of thiazole rings is 1. The maximum absolute atomic E-state index is 12.9. The molecule has 1 aromatic heterocycles. The Morgan fingerprint density at radius 1 is 1.38 bits per heavy atom. The first-order chi connectivity index (χ1) is 12.6. The second-order valence-electron chi connectivity index (χ2n) is 7.69. The lowest BCUT2D eigenvalue weighted by molar-refractivity contribution is -0.132.